The van der Waals surface area contributed by atoms with Crippen molar-refractivity contribution in [1.82, 2.24) is 19.9 Å². The van der Waals surface area contributed by atoms with Gasteiger partial charge in [0.1, 0.15) is 18.0 Å². The van der Waals surface area contributed by atoms with Gasteiger partial charge in [-0.2, -0.15) is 0 Å². The Balaban J connectivity index is 1.91. The van der Waals surface area contributed by atoms with E-state index < -0.39 is 0 Å². The van der Waals surface area contributed by atoms with Crippen LogP contribution in [-0.4, -0.2) is 26.5 Å². The largest absolute Gasteiger partial charge is 0.396 e. The van der Waals surface area contributed by atoms with Gasteiger partial charge in [0, 0.05) is 36.3 Å². The van der Waals surface area contributed by atoms with Crippen molar-refractivity contribution in [2.24, 2.45) is 0 Å². The van der Waals surface area contributed by atoms with Gasteiger partial charge in [-0.3, -0.25) is 4.98 Å². The van der Waals surface area contributed by atoms with Gasteiger partial charge in [-0.25, -0.2) is 15.0 Å². The first-order valence-electron chi connectivity index (χ1n) is 11.2. The van der Waals surface area contributed by atoms with Crippen LogP contribution in [-0.2, 0) is 6.42 Å². The Bertz CT molecular complexity index is 1050. The minimum Gasteiger partial charge on any atom is -0.396 e. The fraction of sp³-hybridized carbons (Fsp3) is 0.360. The highest BCUT2D eigenvalue weighted by atomic mass is 15.3. The minimum absolute atomic E-state index is 0.602. The molecule has 3 rings (SSSR count). The fourth-order valence-corrected chi connectivity index (χ4v) is 3.47. The van der Waals surface area contributed by atoms with Crippen molar-refractivity contribution in [1.29, 1.82) is 0 Å². The minimum atomic E-state index is 0.602. The van der Waals surface area contributed by atoms with Gasteiger partial charge in [0.05, 0.1) is 11.4 Å². The van der Waals surface area contributed by atoms with Crippen LogP contribution in [0.1, 0.15) is 50.8 Å². The Morgan fingerprint density at radius 1 is 1.09 bits per heavy atom. The lowest BCUT2D eigenvalue weighted by atomic mass is 10.1. The van der Waals surface area contributed by atoms with Gasteiger partial charge < -0.3 is 16.0 Å². The Morgan fingerprint density at radius 2 is 1.94 bits per heavy atom. The highest BCUT2D eigenvalue weighted by Gasteiger charge is 2.17. The molecule has 0 spiro atoms. The highest BCUT2D eigenvalue weighted by Crippen LogP contribution is 2.29. The Kier molecular flexibility index (Phi) is 8.14. The van der Waals surface area contributed by atoms with E-state index in [4.69, 9.17) is 10.7 Å². The SMILES string of the molecule is C=C(Nc1cc(CC)ncn1)N(CCCCCC)c1nc(-c2cncc(C)c2)ccc1N. The first-order valence-corrected chi connectivity index (χ1v) is 11.2. The fourth-order valence-electron chi connectivity index (χ4n) is 3.47. The molecule has 0 amide bonds. The lowest BCUT2D eigenvalue weighted by molar-refractivity contribution is 0.660. The zero-order valence-electron chi connectivity index (χ0n) is 19.3. The monoisotopic (exact) mass is 431 g/mol. The average molecular weight is 432 g/mol. The topological polar surface area (TPSA) is 92.9 Å². The van der Waals surface area contributed by atoms with E-state index in [2.05, 4.69) is 46.8 Å². The van der Waals surface area contributed by atoms with Crippen molar-refractivity contribution in [2.75, 3.05) is 22.5 Å². The van der Waals surface area contributed by atoms with Crippen molar-refractivity contribution < 1.29 is 0 Å². The number of nitrogens with zero attached hydrogens (tertiary/aromatic N) is 5. The summed E-state index contributed by atoms with van der Waals surface area (Å²) in [6.07, 6.45) is 10.6. The molecule has 0 radical (unpaired) electrons. The summed E-state index contributed by atoms with van der Waals surface area (Å²) in [6.45, 7) is 11.3. The second kappa shape index (κ2) is 11.2. The third-order valence-corrected chi connectivity index (χ3v) is 5.25. The van der Waals surface area contributed by atoms with Crippen LogP contribution in [0.25, 0.3) is 11.3 Å². The normalized spacial score (nSPS) is 10.7. The number of aryl methyl sites for hydroxylation is 2. The van der Waals surface area contributed by atoms with Crippen molar-refractivity contribution in [2.45, 2.75) is 52.9 Å². The van der Waals surface area contributed by atoms with E-state index in [1.807, 2.05) is 42.4 Å². The van der Waals surface area contributed by atoms with E-state index in [-0.39, 0.29) is 0 Å². The average Bonchev–Trinajstić information content (AvgIpc) is 2.80. The number of hydrogen-bond acceptors (Lipinski definition) is 7. The lowest BCUT2D eigenvalue weighted by Gasteiger charge is -2.28. The summed E-state index contributed by atoms with van der Waals surface area (Å²) in [5, 5.41) is 3.32. The molecule has 3 heterocycles. The third-order valence-electron chi connectivity index (χ3n) is 5.25. The van der Waals surface area contributed by atoms with Crippen LogP contribution >= 0.6 is 0 Å². The first kappa shape index (κ1) is 23.2. The van der Waals surface area contributed by atoms with Gasteiger partial charge in [-0.1, -0.05) is 39.7 Å². The van der Waals surface area contributed by atoms with Gasteiger partial charge in [0.2, 0.25) is 0 Å². The number of unbranched alkanes of at least 4 members (excludes halogenated alkanes) is 3. The number of nitrogens with one attached hydrogen (secondary N) is 1. The smallest absolute Gasteiger partial charge is 0.158 e. The molecule has 7 nitrogen and oxygen atoms in total. The van der Waals surface area contributed by atoms with Gasteiger partial charge in [0.15, 0.2) is 5.82 Å². The van der Waals surface area contributed by atoms with Crippen molar-refractivity contribution in [3.8, 4) is 11.3 Å². The molecule has 3 aromatic rings. The predicted molar refractivity (Wildman–Crippen MR) is 132 cm³/mol. The summed E-state index contributed by atoms with van der Waals surface area (Å²) in [6, 6.07) is 7.83. The molecule has 0 saturated heterocycles. The van der Waals surface area contributed by atoms with E-state index in [1.165, 1.54) is 12.8 Å². The molecule has 0 atom stereocenters. The van der Waals surface area contributed by atoms with Crippen LogP contribution in [0.5, 0.6) is 0 Å². The van der Waals surface area contributed by atoms with Gasteiger partial charge in [-0.05, 0) is 43.5 Å². The Morgan fingerprint density at radius 3 is 2.69 bits per heavy atom. The molecule has 0 aliphatic heterocycles. The van der Waals surface area contributed by atoms with Crippen molar-refractivity contribution in [3.63, 3.8) is 0 Å². The quantitative estimate of drug-likeness (QED) is 0.395. The summed E-state index contributed by atoms with van der Waals surface area (Å²) < 4.78 is 0. The number of anilines is 3. The lowest BCUT2D eigenvalue weighted by Crippen LogP contribution is -2.29. The second-order valence-electron chi connectivity index (χ2n) is 7.89. The van der Waals surface area contributed by atoms with Crippen LogP contribution < -0.4 is 16.0 Å². The molecule has 0 aliphatic rings. The molecule has 0 aliphatic carbocycles. The maximum atomic E-state index is 6.39. The van der Waals surface area contributed by atoms with Crippen LogP contribution in [0.2, 0.25) is 0 Å². The second-order valence-corrected chi connectivity index (χ2v) is 7.89. The molecule has 0 aromatic carbocycles. The van der Waals surface area contributed by atoms with E-state index in [0.29, 0.717) is 23.1 Å². The Labute approximate surface area is 190 Å². The number of nitrogens with two attached hydrogens (primary N) is 1. The molecule has 0 bridgehead atoms. The van der Waals surface area contributed by atoms with Crippen molar-refractivity contribution >= 4 is 17.3 Å². The summed E-state index contributed by atoms with van der Waals surface area (Å²) in [7, 11) is 0. The number of pyridine rings is 2. The molecule has 32 heavy (non-hydrogen) atoms. The third kappa shape index (κ3) is 6.03. The molecule has 3 N–H and O–H groups in total. The molecule has 0 saturated carbocycles. The molecule has 0 fully saturated rings. The van der Waals surface area contributed by atoms with Gasteiger partial charge >= 0.3 is 0 Å². The van der Waals surface area contributed by atoms with Crippen molar-refractivity contribution in [3.05, 3.63) is 66.6 Å². The molecule has 7 heteroatoms. The number of rotatable bonds is 11. The van der Waals surface area contributed by atoms with Crippen LogP contribution in [0.3, 0.4) is 0 Å². The molecular weight excluding hydrogens is 398 g/mol. The number of nitrogen functional groups attached to an aromatic ring is 1. The molecular formula is C25H33N7. The maximum absolute atomic E-state index is 6.39. The molecule has 3 aromatic heterocycles. The summed E-state index contributed by atoms with van der Waals surface area (Å²) in [5.74, 6) is 2.07. The summed E-state index contributed by atoms with van der Waals surface area (Å²) in [5.41, 5.74) is 10.8. The zero-order chi connectivity index (χ0) is 22.9. The van der Waals surface area contributed by atoms with Crippen LogP contribution in [0, 0.1) is 6.92 Å². The summed E-state index contributed by atoms with van der Waals surface area (Å²) in [4.78, 5) is 19.9. The van der Waals surface area contributed by atoms with E-state index >= 15 is 0 Å². The van der Waals surface area contributed by atoms with Gasteiger partial charge in [0.25, 0.3) is 0 Å². The molecule has 0 unspecified atom stereocenters. The van der Waals surface area contributed by atoms with E-state index in [9.17, 15) is 0 Å². The zero-order valence-corrected chi connectivity index (χ0v) is 19.3. The van der Waals surface area contributed by atoms with Gasteiger partial charge in [-0.15, -0.1) is 0 Å². The standard InChI is InChI=1S/C25H33N7/c1-5-7-8-9-12-32(19(4)30-24-14-21(6-2)28-17-29-24)25-22(26)10-11-23(31-25)20-13-18(3)15-27-16-20/h10-11,13-17H,4-9,12,26H2,1-3H3,(H,28,29,30). The predicted octanol–water partition coefficient (Wildman–Crippen LogP) is 5.36. The highest BCUT2D eigenvalue weighted by molar-refractivity contribution is 5.72. The van der Waals surface area contributed by atoms with Crippen LogP contribution in [0.15, 0.2) is 55.4 Å². The van der Waals surface area contributed by atoms with E-state index in [1.54, 1.807) is 6.33 Å². The van der Waals surface area contributed by atoms with Crippen LogP contribution in [0.4, 0.5) is 17.3 Å². The maximum Gasteiger partial charge on any atom is 0.158 e. The van der Waals surface area contributed by atoms with E-state index in [0.717, 1.165) is 48.3 Å². The number of aromatic nitrogens is 4. The first-order chi connectivity index (χ1) is 15.5. The number of hydrogen-bond donors (Lipinski definition) is 2. The molecule has 168 valence electrons. The Hall–Kier alpha value is -3.48. The summed E-state index contributed by atoms with van der Waals surface area (Å²) >= 11 is 0.